The highest BCUT2D eigenvalue weighted by Crippen LogP contribution is 2.21. The zero-order valence-electron chi connectivity index (χ0n) is 16.3. The zero-order chi connectivity index (χ0) is 18.5. The molecule has 1 aromatic rings. The van der Waals surface area contributed by atoms with Gasteiger partial charge in [-0.2, -0.15) is 0 Å². The minimum Gasteiger partial charge on any atom is -0.375 e. The molecule has 27 heavy (non-hydrogen) atoms. The van der Waals surface area contributed by atoms with Crippen molar-refractivity contribution < 1.29 is 13.9 Å². The molecule has 0 spiro atoms. The Labute approximate surface area is 178 Å². The van der Waals surface area contributed by atoms with Gasteiger partial charge in [0.15, 0.2) is 5.96 Å². The summed E-state index contributed by atoms with van der Waals surface area (Å²) >= 11 is 0. The van der Waals surface area contributed by atoms with E-state index in [2.05, 4.69) is 15.2 Å². The number of hydrogen-bond acceptors (Lipinski definition) is 4. The van der Waals surface area contributed by atoms with Crippen molar-refractivity contribution in [2.24, 2.45) is 4.99 Å². The fourth-order valence-electron chi connectivity index (χ4n) is 3.52. The van der Waals surface area contributed by atoms with Crippen LogP contribution in [0.5, 0.6) is 0 Å². The van der Waals surface area contributed by atoms with E-state index in [1.165, 1.54) is 0 Å². The van der Waals surface area contributed by atoms with Gasteiger partial charge in [-0.15, -0.1) is 24.0 Å². The summed E-state index contributed by atoms with van der Waals surface area (Å²) in [4.78, 5) is 8.35. The van der Waals surface area contributed by atoms with Gasteiger partial charge in [-0.05, 0) is 30.5 Å². The van der Waals surface area contributed by atoms with E-state index < -0.39 is 0 Å². The number of halogens is 2. The van der Waals surface area contributed by atoms with Crippen LogP contribution in [0.15, 0.2) is 23.2 Å². The second-order valence-electron chi connectivity index (χ2n) is 6.99. The molecule has 2 aliphatic heterocycles. The summed E-state index contributed by atoms with van der Waals surface area (Å²) in [5, 5.41) is 3.34. The summed E-state index contributed by atoms with van der Waals surface area (Å²) < 4.78 is 25.8. The van der Waals surface area contributed by atoms with Crippen molar-refractivity contribution in [3.8, 4) is 0 Å². The number of ether oxygens (including phenoxy) is 2. The maximum atomic E-state index is 14.1. The van der Waals surface area contributed by atoms with E-state index in [9.17, 15) is 4.39 Å². The van der Waals surface area contributed by atoms with E-state index in [0.717, 1.165) is 44.1 Å². The molecule has 0 aliphatic carbocycles. The van der Waals surface area contributed by atoms with Gasteiger partial charge < -0.3 is 24.6 Å². The fraction of sp³-hybridized carbons (Fsp3) is 0.632. The summed E-state index contributed by atoms with van der Waals surface area (Å²) in [5.41, 5.74) is 1.48. The van der Waals surface area contributed by atoms with Gasteiger partial charge in [0, 0.05) is 47.4 Å². The van der Waals surface area contributed by atoms with E-state index in [4.69, 9.17) is 9.47 Å². The topological polar surface area (TPSA) is 49.3 Å². The van der Waals surface area contributed by atoms with Gasteiger partial charge in [0.05, 0.1) is 18.4 Å². The van der Waals surface area contributed by atoms with Crippen LogP contribution in [0.25, 0.3) is 0 Å². The summed E-state index contributed by atoms with van der Waals surface area (Å²) in [5.74, 6) is 0.600. The minimum absolute atomic E-state index is 0. The smallest absolute Gasteiger partial charge is 0.194 e. The molecule has 0 aromatic heterocycles. The second kappa shape index (κ2) is 10.4. The Bertz CT molecular complexity index is 638. The first-order valence-electron chi connectivity index (χ1n) is 9.23. The molecular formula is C19H30FIN4O2. The van der Waals surface area contributed by atoms with E-state index in [1.807, 2.05) is 20.2 Å². The highest BCUT2D eigenvalue weighted by molar-refractivity contribution is 14.0. The van der Waals surface area contributed by atoms with Crippen LogP contribution in [0.3, 0.4) is 0 Å². The van der Waals surface area contributed by atoms with Crippen LogP contribution >= 0.6 is 24.0 Å². The van der Waals surface area contributed by atoms with Gasteiger partial charge in [-0.1, -0.05) is 6.07 Å². The molecule has 2 aliphatic rings. The predicted molar refractivity (Wildman–Crippen MR) is 117 cm³/mol. The molecule has 2 saturated heterocycles. The fourth-order valence-corrected chi connectivity index (χ4v) is 3.52. The Kier molecular flexibility index (Phi) is 8.56. The number of hydrogen-bond donors (Lipinski definition) is 1. The lowest BCUT2D eigenvalue weighted by molar-refractivity contribution is -0.0817. The predicted octanol–water partition coefficient (Wildman–Crippen LogP) is 2.46. The van der Waals surface area contributed by atoms with Gasteiger partial charge in [0.2, 0.25) is 0 Å². The number of nitrogens with one attached hydrogen (secondary N) is 1. The third-order valence-electron chi connectivity index (χ3n) is 4.93. The van der Waals surface area contributed by atoms with Crippen molar-refractivity contribution in [1.82, 2.24) is 10.2 Å². The van der Waals surface area contributed by atoms with Gasteiger partial charge in [0.1, 0.15) is 11.9 Å². The van der Waals surface area contributed by atoms with Crippen LogP contribution in [0.4, 0.5) is 10.1 Å². The second-order valence-corrected chi connectivity index (χ2v) is 6.99. The molecular weight excluding hydrogens is 462 g/mol. The first-order valence-corrected chi connectivity index (χ1v) is 9.23. The minimum atomic E-state index is -0.214. The normalized spacial score (nSPS) is 23.1. The van der Waals surface area contributed by atoms with Crippen LogP contribution in [-0.4, -0.2) is 70.5 Å². The number of rotatable bonds is 4. The van der Waals surface area contributed by atoms with Crippen LogP contribution < -0.4 is 10.2 Å². The van der Waals surface area contributed by atoms with Crippen molar-refractivity contribution in [3.63, 3.8) is 0 Å². The number of nitrogens with zero attached hydrogens (tertiary/aromatic N) is 3. The molecule has 2 fully saturated rings. The summed E-state index contributed by atoms with van der Waals surface area (Å²) in [7, 11) is 5.44. The monoisotopic (exact) mass is 492 g/mol. The summed E-state index contributed by atoms with van der Waals surface area (Å²) in [6, 6.07) is 5.31. The number of morpholine rings is 1. The van der Waals surface area contributed by atoms with E-state index in [0.29, 0.717) is 18.8 Å². The molecule has 0 radical (unpaired) electrons. The Balaban J connectivity index is 0.00000261. The Morgan fingerprint density at radius 1 is 1.30 bits per heavy atom. The SMILES string of the molecule is CN=C(NCc1ccc(N(C)C)c(F)c1)N1CCOC(C2CCCO2)C1.I. The average Bonchev–Trinajstić information content (AvgIpc) is 3.17. The van der Waals surface area contributed by atoms with Crippen LogP contribution in [0, 0.1) is 5.82 Å². The van der Waals surface area contributed by atoms with Crippen molar-refractivity contribution in [2.45, 2.75) is 31.6 Å². The van der Waals surface area contributed by atoms with E-state index in [-0.39, 0.29) is 42.0 Å². The lowest BCUT2D eigenvalue weighted by Gasteiger charge is -2.37. The van der Waals surface area contributed by atoms with Gasteiger partial charge in [-0.25, -0.2) is 4.39 Å². The number of guanidine groups is 1. The third kappa shape index (κ3) is 5.68. The first-order chi connectivity index (χ1) is 12.6. The molecule has 3 rings (SSSR count). The van der Waals surface area contributed by atoms with Gasteiger partial charge in [-0.3, -0.25) is 4.99 Å². The van der Waals surface area contributed by atoms with Crippen molar-refractivity contribution in [2.75, 3.05) is 52.3 Å². The maximum absolute atomic E-state index is 14.1. The molecule has 0 bridgehead atoms. The lowest BCUT2D eigenvalue weighted by atomic mass is 10.1. The summed E-state index contributed by atoms with van der Waals surface area (Å²) in [6.45, 7) is 3.57. The molecule has 8 heteroatoms. The molecule has 152 valence electrons. The third-order valence-corrected chi connectivity index (χ3v) is 4.93. The van der Waals surface area contributed by atoms with E-state index >= 15 is 0 Å². The quantitative estimate of drug-likeness (QED) is 0.398. The molecule has 2 heterocycles. The van der Waals surface area contributed by atoms with Crippen molar-refractivity contribution in [1.29, 1.82) is 0 Å². The molecule has 0 saturated carbocycles. The van der Waals surface area contributed by atoms with Crippen LogP contribution in [0.2, 0.25) is 0 Å². The van der Waals surface area contributed by atoms with Gasteiger partial charge >= 0.3 is 0 Å². The average molecular weight is 492 g/mol. The Morgan fingerprint density at radius 2 is 2.07 bits per heavy atom. The van der Waals surface area contributed by atoms with Crippen LogP contribution in [-0.2, 0) is 16.0 Å². The summed E-state index contributed by atoms with van der Waals surface area (Å²) in [6.07, 6.45) is 2.43. The number of anilines is 1. The molecule has 2 atom stereocenters. The Morgan fingerprint density at radius 3 is 2.70 bits per heavy atom. The zero-order valence-corrected chi connectivity index (χ0v) is 18.6. The lowest BCUT2D eigenvalue weighted by Crippen LogP contribution is -2.53. The van der Waals surface area contributed by atoms with Crippen molar-refractivity contribution in [3.05, 3.63) is 29.6 Å². The standard InChI is InChI=1S/C19H29FN4O2.HI/c1-21-19(22-12-14-6-7-16(23(2)3)15(20)11-14)24-8-10-26-18(13-24)17-5-4-9-25-17;/h6-7,11,17-18H,4-5,8-10,12-13H2,1-3H3,(H,21,22);1H. The number of aliphatic imine (C=N–C) groups is 1. The van der Waals surface area contributed by atoms with E-state index in [1.54, 1.807) is 24.1 Å². The molecule has 1 aromatic carbocycles. The van der Waals surface area contributed by atoms with Gasteiger partial charge in [0.25, 0.3) is 0 Å². The van der Waals surface area contributed by atoms with Crippen molar-refractivity contribution >= 4 is 35.6 Å². The molecule has 6 nitrogen and oxygen atoms in total. The molecule has 1 N–H and O–H groups in total. The highest BCUT2D eigenvalue weighted by Gasteiger charge is 2.32. The largest absolute Gasteiger partial charge is 0.375 e. The van der Waals surface area contributed by atoms with Crippen LogP contribution in [0.1, 0.15) is 18.4 Å². The highest BCUT2D eigenvalue weighted by atomic mass is 127. The first kappa shape index (κ1) is 22.2. The maximum Gasteiger partial charge on any atom is 0.194 e. The molecule has 0 amide bonds. The number of benzene rings is 1. The molecule has 2 unspecified atom stereocenters. The Hall–Kier alpha value is -1.13.